The van der Waals surface area contributed by atoms with E-state index < -0.39 is 0 Å². The predicted molar refractivity (Wildman–Crippen MR) is 118 cm³/mol. The summed E-state index contributed by atoms with van der Waals surface area (Å²) in [5.41, 5.74) is 0.602. The van der Waals surface area contributed by atoms with Gasteiger partial charge >= 0.3 is 0 Å². The van der Waals surface area contributed by atoms with E-state index in [-0.39, 0.29) is 46.3 Å². The summed E-state index contributed by atoms with van der Waals surface area (Å²) >= 11 is 0. The van der Waals surface area contributed by atoms with Gasteiger partial charge in [-0.2, -0.15) is 0 Å². The maximum absolute atomic E-state index is 14.2. The normalized spacial score (nSPS) is 30.6. The van der Waals surface area contributed by atoms with Crippen LogP contribution in [-0.2, 0) is 16.0 Å². The molecule has 1 aromatic carbocycles. The highest BCUT2D eigenvalue weighted by Crippen LogP contribution is 2.53. The number of ketones is 1. The third-order valence-corrected chi connectivity index (χ3v) is 8.10. The van der Waals surface area contributed by atoms with E-state index in [0.717, 1.165) is 37.7 Å². The number of hydrogen-bond donors (Lipinski definition) is 1. The fraction of sp³-hybridized carbons (Fsp3) is 0.680. The zero-order chi connectivity index (χ0) is 22.1. The highest BCUT2D eigenvalue weighted by atomic mass is 19.1. The molecule has 0 aromatic heterocycles. The standard InChI is InChI=1S/C25H37FN2O2/c1-17(29)21-14-19(24(21,2)3)15-23(30)27-20-10-12-25(13-11-20,28(4)5)16-18-8-6-7-9-22(18)26/h6-9,19-21H,10-16H2,1-5H3,(H,27,30). The Kier molecular flexibility index (Phi) is 6.71. The smallest absolute Gasteiger partial charge is 0.220 e. The summed E-state index contributed by atoms with van der Waals surface area (Å²) in [7, 11) is 4.15. The maximum atomic E-state index is 14.2. The molecule has 2 aliphatic carbocycles. The monoisotopic (exact) mass is 416 g/mol. The van der Waals surface area contributed by atoms with E-state index in [2.05, 4.69) is 38.2 Å². The number of halogens is 1. The topological polar surface area (TPSA) is 49.4 Å². The lowest BCUT2D eigenvalue weighted by molar-refractivity contribution is -0.141. The third-order valence-electron chi connectivity index (χ3n) is 8.10. The summed E-state index contributed by atoms with van der Waals surface area (Å²) in [6.07, 6.45) is 5.69. The van der Waals surface area contributed by atoms with Gasteiger partial charge in [-0.25, -0.2) is 4.39 Å². The Morgan fingerprint density at radius 3 is 2.33 bits per heavy atom. The number of Topliss-reactive ketones (excluding diaryl/α,β-unsaturated/α-hetero) is 1. The molecule has 0 spiro atoms. The number of carbonyl (C=O) groups is 2. The molecular formula is C25H37FN2O2. The minimum absolute atomic E-state index is 0.0753. The van der Waals surface area contributed by atoms with Crippen molar-refractivity contribution in [1.82, 2.24) is 10.2 Å². The summed E-state index contributed by atoms with van der Waals surface area (Å²) in [6.45, 7) is 5.87. The van der Waals surface area contributed by atoms with Crippen molar-refractivity contribution >= 4 is 11.7 Å². The maximum Gasteiger partial charge on any atom is 0.220 e. The molecule has 1 N–H and O–H groups in total. The van der Waals surface area contributed by atoms with Crippen LogP contribution in [0, 0.1) is 23.1 Å². The van der Waals surface area contributed by atoms with Gasteiger partial charge in [0.2, 0.25) is 5.91 Å². The van der Waals surface area contributed by atoms with Crippen LogP contribution >= 0.6 is 0 Å². The molecule has 30 heavy (non-hydrogen) atoms. The molecule has 2 fully saturated rings. The van der Waals surface area contributed by atoms with E-state index in [9.17, 15) is 14.0 Å². The average Bonchev–Trinajstić information content (AvgIpc) is 2.67. The molecule has 0 saturated heterocycles. The lowest BCUT2D eigenvalue weighted by Gasteiger charge is -2.51. The van der Waals surface area contributed by atoms with Crippen LogP contribution < -0.4 is 5.32 Å². The van der Waals surface area contributed by atoms with Gasteiger partial charge in [-0.1, -0.05) is 32.0 Å². The van der Waals surface area contributed by atoms with Gasteiger partial charge in [-0.15, -0.1) is 0 Å². The first kappa shape index (κ1) is 22.9. The fourth-order valence-corrected chi connectivity index (χ4v) is 5.64. The number of likely N-dealkylation sites (N-methyl/N-ethyl adjacent to an activating group) is 1. The first-order valence-electron chi connectivity index (χ1n) is 11.3. The van der Waals surface area contributed by atoms with Crippen LogP contribution in [0.25, 0.3) is 0 Å². The van der Waals surface area contributed by atoms with Crippen LogP contribution in [0.3, 0.4) is 0 Å². The largest absolute Gasteiger partial charge is 0.353 e. The minimum atomic E-state index is -0.138. The molecule has 2 unspecified atom stereocenters. The summed E-state index contributed by atoms with van der Waals surface area (Å²) < 4.78 is 14.2. The van der Waals surface area contributed by atoms with E-state index in [1.807, 2.05) is 12.1 Å². The Hall–Kier alpha value is -1.75. The van der Waals surface area contributed by atoms with Crippen molar-refractivity contribution in [2.45, 2.75) is 77.3 Å². The molecule has 2 atom stereocenters. The van der Waals surface area contributed by atoms with E-state index in [4.69, 9.17) is 0 Å². The number of nitrogens with zero attached hydrogens (tertiary/aromatic N) is 1. The minimum Gasteiger partial charge on any atom is -0.353 e. The molecule has 2 aliphatic rings. The molecule has 0 bridgehead atoms. The van der Waals surface area contributed by atoms with Crippen molar-refractivity contribution in [1.29, 1.82) is 0 Å². The van der Waals surface area contributed by atoms with E-state index in [1.165, 1.54) is 6.07 Å². The van der Waals surface area contributed by atoms with Crippen molar-refractivity contribution in [2.75, 3.05) is 14.1 Å². The molecule has 2 saturated carbocycles. The van der Waals surface area contributed by atoms with Crippen LogP contribution in [0.1, 0.15) is 64.9 Å². The van der Waals surface area contributed by atoms with Crippen LogP contribution in [0.15, 0.2) is 24.3 Å². The Balaban J connectivity index is 1.53. The van der Waals surface area contributed by atoms with Crippen LogP contribution in [0.5, 0.6) is 0 Å². The van der Waals surface area contributed by atoms with Crippen molar-refractivity contribution in [3.63, 3.8) is 0 Å². The molecule has 166 valence electrons. The van der Waals surface area contributed by atoms with Crippen molar-refractivity contribution in [3.05, 3.63) is 35.6 Å². The van der Waals surface area contributed by atoms with E-state index in [1.54, 1.807) is 13.0 Å². The van der Waals surface area contributed by atoms with Gasteiger partial charge in [-0.05, 0) is 82.5 Å². The number of benzene rings is 1. The van der Waals surface area contributed by atoms with E-state index in [0.29, 0.717) is 12.8 Å². The molecule has 5 heteroatoms. The van der Waals surface area contributed by atoms with Gasteiger partial charge in [0.05, 0.1) is 0 Å². The van der Waals surface area contributed by atoms with Gasteiger partial charge in [0.25, 0.3) is 0 Å². The number of rotatable bonds is 7. The summed E-state index contributed by atoms with van der Waals surface area (Å²) in [5, 5.41) is 3.24. The lowest BCUT2D eigenvalue weighted by Crippen LogP contribution is -2.53. The van der Waals surface area contributed by atoms with Crippen molar-refractivity contribution in [2.24, 2.45) is 17.3 Å². The predicted octanol–water partition coefficient (Wildman–Crippen LogP) is 4.37. The first-order valence-corrected chi connectivity index (χ1v) is 11.3. The number of hydrogen-bond acceptors (Lipinski definition) is 3. The molecule has 1 amide bonds. The molecule has 1 aromatic rings. The highest BCUT2D eigenvalue weighted by Gasteiger charge is 2.50. The van der Waals surface area contributed by atoms with Gasteiger partial charge < -0.3 is 10.2 Å². The molecule has 0 aliphatic heterocycles. The lowest BCUT2D eigenvalue weighted by atomic mass is 9.52. The Labute approximate surface area is 180 Å². The second-order valence-electron chi connectivity index (χ2n) is 10.4. The number of nitrogens with one attached hydrogen (secondary N) is 1. The summed E-state index contributed by atoms with van der Waals surface area (Å²) in [6, 6.07) is 7.21. The number of carbonyl (C=O) groups excluding carboxylic acids is 2. The van der Waals surface area contributed by atoms with Gasteiger partial charge in [-0.3, -0.25) is 9.59 Å². The van der Waals surface area contributed by atoms with Crippen LogP contribution in [-0.4, -0.2) is 42.3 Å². The highest BCUT2D eigenvalue weighted by molar-refractivity contribution is 5.81. The summed E-state index contributed by atoms with van der Waals surface area (Å²) in [5.74, 6) is 0.562. The van der Waals surface area contributed by atoms with E-state index >= 15 is 0 Å². The first-order chi connectivity index (χ1) is 14.0. The van der Waals surface area contributed by atoms with Gasteiger partial charge in [0, 0.05) is 23.9 Å². The Bertz CT molecular complexity index is 781. The van der Waals surface area contributed by atoms with Crippen LogP contribution in [0.4, 0.5) is 4.39 Å². The molecule has 0 heterocycles. The van der Waals surface area contributed by atoms with Crippen molar-refractivity contribution < 1.29 is 14.0 Å². The zero-order valence-electron chi connectivity index (χ0n) is 19.1. The number of amides is 1. The van der Waals surface area contributed by atoms with Crippen molar-refractivity contribution in [3.8, 4) is 0 Å². The molecular weight excluding hydrogens is 379 g/mol. The zero-order valence-corrected chi connectivity index (χ0v) is 19.1. The Morgan fingerprint density at radius 1 is 1.17 bits per heavy atom. The molecule has 0 radical (unpaired) electrons. The quantitative estimate of drug-likeness (QED) is 0.718. The Morgan fingerprint density at radius 2 is 1.80 bits per heavy atom. The third kappa shape index (κ3) is 4.61. The molecule has 3 rings (SSSR count). The summed E-state index contributed by atoms with van der Waals surface area (Å²) in [4.78, 5) is 26.6. The van der Waals surface area contributed by atoms with Gasteiger partial charge in [0.15, 0.2) is 0 Å². The van der Waals surface area contributed by atoms with Crippen LogP contribution in [0.2, 0.25) is 0 Å². The van der Waals surface area contributed by atoms with Gasteiger partial charge in [0.1, 0.15) is 11.6 Å². The second-order valence-corrected chi connectivity index (χ2v) is 10.4. The second kappa shape index (κ2) is 8.78. The fourth-order valence-electron chi connectivity index (χ4n) is 5.64. The molecule has 4 nitrogen and oxygen atoms in total. The average molecular weight is 417 g/mol. The SMILES string of the molecule is CC(=O)C1CC(CC(=O)NC2CCC(Cc3ccccc3F)(N(C)C)CC2)C1(C)C.